The third kappa shape index (κ3) is 3.76. The van der Waals surface area contributed by atoms with Crippen molar-refractivity contribution in [1.29, 1.82) is 0 Å². The number of carbonyl (C=O) groups excluding carboxylic acids is 2. The minimum Gasteiger partial charge on any atom is -0.342 e. The number of carbonyl (C=O) groups is 2. The van der Waals surface area contributed by atoms with Crippen molar-refractivity contribution in [1.82, 2.24) is 20.2 Å². The zero-order valence-electron chi connectivity index (χ0n) is 13.6. The number of hydrogen-bond acceptors (Lipinski definition) is 4. The molecule has 0 spiro atoms. The van der Waals surface area contributed by atoms with Gasteiger partial charge >= 0.3 is 0 Å². The zero-order valence-corrected chi connectivity index (χ0v) is 13.6. The Morgan fingerprint density at radius 2 is 2.08 bits per heavy atom. The summed E-state index contributed by atoms with van der Waals surface area (Å²) in [5, 5.41) is 3.00. The number of aromatic nitrogens is 2. The Hall–Kier alpha value is -2.76. The van der Waals surface area contributed by atoms with Crippen LogP contribution in [0.25, 0.3) is 0 Å². The summed E-state index contributed by atoms with van der Waals surface area (Å²) < 4.78 is 0. The summed E-state index contributed by atoms with van der Waals surface area (Å²) in [6.07, 6.45) is 3.03. The molecule has 1 unspecified atom stereocenters. The van der Waals surface area contributed by atoms with E-state index in [1.165, 1.54) is 0 Å². The smallest absolute Gasteiger partial charge is 0.270 e. The fourth-order valence-corrected chi connectivity index (χ4v) is 2.85. The Bertz CT molecular complexity index is 733. The number of rotatable bonds is 5. The summed E-state index contributed by atoms with van der Waals surface area (Å²) in [4.78, 5) is 34.4. The topological polar surface area (TPSA) is 75.2 Å². The van der Waals surface area contributed by atoms with Gasteiger partial charge in [-0.1, -0.05) is 30.3 Å². The van der Waals surface area contributed by atoms with E-state index in [2.05, 4.69) is 15.3 Å². The molecule has 1 aromatic carbocycles. The summed E-state index contributed by atoms with van der Waals surface area (Å²) in [6.45, 7) is 2.96. The van der Waals surface area contributed by atoms with Crippen LogP contribution in [0.5, 0.6) is 0 Å². The third-order valence-corrected chi connectivity index (χ3v) is 4.09. The van der Waals surface area contributed by atoms with Crippen LogP contribution in [0.4, 0.5) is 0 Å². The largest absolute Gasteiger partial charge is 0.342 e. The summed E-state index contributed by atoms with van der Waals surface area (Å²) in [5.41, 5.74) is 1.30. The van der Waals surface area contributed by atoms with Crippen LogP contribution in [-0.2, 0) is 4.79 Å². The predicted octanol–water partition coefficient (Wildman–Crippen LogP) is 1.88. The Kier molecular flexibility index (Phi) is 4.84. The van der Waals surface area contributed by atoms with E-state index >= 15 is 0 Å². The van der Waals surface area contributed by atoms with Crippen LogP contribution >= 0.6 is 0 Å². The number of benzene rings is 1. The van der Waals surface area contributed by atoms with Gasteiger partial charge in [0.25, 0.3) is 5.91 Å². The SMILES string of the molecule is Cc1nccc(C(=O)NC(CN2CCCC2=O)c2ccccc2)n1. The van der Waals surface area contributed by atoms with Crippen LogP contribution in [0.15, 0.2) is 42.6 Å². The van der Waals surface area contributed by atoms with E-state index in [0.717, 1.165) is 18.5 Å². The molecule has 1 aliphatic rings. The highest BCUT2D eigenvalue weighted by Gasteiger charge is 2.25. The van der Waals surface area contributed by atoms with Crippen molar-refractivity contribution in [2.24, 2.45) is 0 Å². The van der Waals surface area contributed by atoms with Gasteiger partial charge in [0.05, 0.1) is 6.04 Å². The Morgan fingerprint density at radius 1 is 1.29 bits per heavy atom. The fraction of sp³-hybridized carbons (Fsp3) is 0.333. The number of hydrogen-bond donors (Lipinski definition) is 1. The molecule has 3 rings (SSSR count). The van der Waals surface area contributed by atoms with Crippen molar-refractivity contribution in [2.75, 3.05) is 13.1 Å². The molecule has 1 fully saturated rings. The molecule has 2 aromatic rings. The highest BCUT2D eigenvalue weighted by molar-refractivity contribution is 5.92. The lowest BCUT2D eigenvalue weighted by Crippen LogP contribution is -2.38. The molecule has 1 aromatic heterocycles. The summed E-state index contributed by atoms with van der Waals surface area (Å²) >= 11 is 0. The van der Waals surface area contributed by atoms with Crippen LogP contribution in [0.3, 0.4) is 0 Å². The van der Waals surface area contributed by atoms with Crippen molar-refractivity contribution in [3.05, 3.63) is 59.7 Å². The van der Waals surface area contributed by atoms with Crippen LogP contribution in [0, 0.1) is 6.92 Å². The van der Waals surface area contributed by atoms with Gasteiger partial charge in [0, 0.05) is 25.7 Å². The lowest BCUT2D eigenvalue weighted by Gasteiger charge is -2.25. The molecule has 1 aliphatic heterocycles. The van der Waals surface area contributed by atoms with E-state index in [-0.39, 0.29) is 17.9 Å². The van der Waals surface area contributed by atoms with Crippen LogP contribution in [0.2, 0.25) is 0 Å². The standard InChI is InChI=1S/C18H20N4O2/c1-13-19-10-9-15(20-13)18(24)21-16(14-6-3-2-4-7-14)12-22-11-5-8-17(22)23/h2-4,6-7,9-10,16H,5,8,11-12H2,1H3,(H,21,24). The van der Waals surface area contributed by atoms with Gasteiger partial charge in [-0.15, -0.1) is 0 Å². The quantitative estimate of drug-likeness (QED) is 0.911. The Balaban J connectivity index is 1.79. The second kappa shape index (κ2) is 7.21. The zero-order chi connectivity index (χ0) is 16.9. The molecule has 0 radical (unpaired) electrons. The van der Waals surface area contributed by atoms with E-state index in [1.807, 2.05) is 35.2 Å². The molecule has 0 aliphatic carbocycles. The number of nitrogens with zero attached hydrogens (tertiary/aromatic N) is 3. The minimum absolute atomic E-state index is 0.142. The lowest BCUT2D eigenvalue weighted by molar-refractivity contribution is -0.128. The van der Waals surface area contributed by atoms with Gasteiger partial charge in [0.1, 0.15) is 11.5 Å². The van der Waals surface area contributed by atoms with Gasteiger partial charge in [0.2, 0.25) is 5.91 Å². The molecule has 2 heterocycles. The second-order valence-corrected chi connectivity index (χ2v) is 5.87. The highest BCUT2D eigenvalue weighted by atomic mass is 16.2. The molecular weight excluding hydrogens is 304 g/mol. The normalized spacial score (nSPS) is 15.4. The first-order valence-electron chi connectivity index (χ1n) is 8.07. The molecule has 1 atom stereocenters. The van der Waals surface area contributed by atoms with E-state index in [9.17, 15) is 9.59 Å². The van der Waals surface area contributed by atoms with Gasteiger partial charge in [0.15, 0.2) is 0 Å². The maximum atomic E-state index is 12.5. The second-order valence-electron chi connectivity index (χ2n) is 5.87. The average Bonchev–Trinajstić information content (AvgIpc) is 3.00. The van der Waals surface area contributed by atoms with Crippen LogP contribution in [-0.4, -0.2) is 39.8 Å². The maximum absolute atomic E-state index is 12.5. The molecular formula is C18H20N4O2. The van der Waals surface area contributed by atoms with Gasteiger partial charge < -0.3 is 10.2 Å². The molecule has 0 bridgehead atoms. The molecule has 0 saturated carbocycles. The van der Waals surface area contributed by atoms with E-state index in [0.29, 0.717) is 24.5 Å². The van der Waals surface area contributed by atoms with Crippen molar-refractivity contribution in [2.45, 2.75) is 25.8 Å². The molecule has 6 nitrogen and oxygen atoms in total. The van der Waals surface area contributed by atoms with Crippen molar-refractivity contribution in [3.8, 4) is 0 Å². The number of likely N-dealkylation sites (tertiary alicyclic amines) is 1. The predicted molar refractivity (Wildman–Crippen MR) is 89.2 cm³/mol. The minimum atomic E-state index is -0.268. The Morgan fingerprint density at radius 3 is 2.75 bits per heavy atom. The Labute approximate surface area is 140 Å². The molecule has 24 heavy (non-hydrogen) atoms. The van der Waals surface area contributed by atoms with Crippen molar-refractivity contribution in [3.63, 3.8) is 0 Å². The fourth-order valence-electron chi connectivity index (χ4n) is 2.85. The average molecular weight is 324 g/mol. The molecule has 1 saturated heterocycles. The lowest BCUT2D eigenvalue weighted by atomic mass is 10.1. The van der Waals surface area contributed by atoms with Gasteiger partial charge in [-0.2, -0.15) is 0 Å². The first-order valence-corrected chi connectivity index (χ1v) is 8.07. The molecule has 124 valence electrons. The molecule has 2 amide bonds. The first kappa shape index (κ1) is 16.1. The number of nitrogens with one attached hydrogen (secondary N) is 1. The molecule has 6 heteroatoms. The molecule has 1 N–H and O–H groups in total. The van der Waals surface area contributed by atoms with Crippen LogP contribution < -0.4 is 5.32 Å². The van der Waals surface area contributed by atoms with E-state index in [4.69, 9.17) is 0 Å². The maximum Gasteiger partial charge on any atom is 0.270 e. The van der Waals surface area contributed by atoms with E-state index in [1.54, 1.807) is 19.2 Å². The van der Waals surface area contributed by atoms with Gasteiger partial charge in [-0.25, -0.2) is 9.97 Å². The highest BCUT2D eigenvalue weighted by Crippen LogP contribution is 2.19. The number of amides is 2. The van der Waals surface area contributed by atoms with Gasteiger partial charge in [-0.3, -0.25) is 9.59 Å². The number of aryl methyl sites for hydroxylation is 1. The monoisotopic (exact) mass is 324 g/mol. The summed E-state index contributed by atoms with van der Waals surface area (Å²) in [5.74, 6) is 0.428. The van der Waals surface area contributed by atoms with Crippen LogP contribution in [0.1, 0.15) is 40.8 Å². The van der Waals surface area contributed by atoms with Gasteiger partial charge in [-0.05, 0) is 25.0 Å². The van der Waals surface area contributed by atoms with Crippen molar-refractivity contribution >= 4 is 11.8 Å². The first-order chi connectivity index (χ1) is 11.6. The summed E-state index contributed by atoms with van der Waals surface area (Å²) in [7, 11) is 0. The van der Waals surface area contributed by atoms with Crippen molar-refractivity contribution < 1.29 is 9.59 Å². The third-order valence-electron chi connectivity index (χ3n) is 4.09. The summed E-state index contributed by atoms with van der Waals surface area (Å²) in [6, 6.07) is 11.0. The van der Waals surface area contributed by atoms with E-state index < -0.39 is 0 Å².